The number of nitrogens with one attached hydrogen (secondary N) is 1. The van der Waals surface area contributed by atoms with E-state index in [0.29, 0.717) is 12.8 Å². The predicted molar refractivity (Wildman–Crippen MR) is 34.7 cm³/mol. The number of hydrogen-bond acceptors (Lipinski definition) is 2. The van der Waals surface area contributed by atoms with Crippen molar-refractivity contribution < 1.29 is 9.59 Å². The van der Waals surface area contributed by atoms with E-state index in [4.69, 9.17) is 6.42 Å². The van der Waals surface area contributed by atoms with Crippen molar-refractivity contribution in [3.05, 3.63) is 0 Å². The fourth-order valence-electron chi connectivity index (χ4n) is 0.853. The van der Waals surface area contributed by atoms with Gasteiger partial charge >= 0.3 is 0 Å². The largest absolute Gasteiger partial charge is 0.295 e. The molecule has 3 nitrogen and oxygen atoms in total. The average Bonchev–Trinajstić information content (AvgIpc) is 1.88. The molecule has 10 heavy (non-hydrogen) atoms. The second-order valence-electron chi connectivity index (χ2n) is 2.17. The third-order valence-corrected chi connectivity index (χ3v) is 1.44. The van der Waals surface area contributed by atoms with Crippen molar-refractivity contribution in [3.8, 4) is 12.3 Å². The van der Waals surface area contributed by atoms with E-state index in [2.05, 4.69) is 11.2 Å². The molecule has 1 N–H and O–H groups in total. The normalized spacial score (nSPS) is 25.3. The number of imide groups is 1. The van der Waals surface area contributed by atoms with Gasteiger partial charge in [-0.1, -0.05) is 5.92 Å². The summed E-state index contributed by atoms with van der Waals surface area (Å²) < 4.78 is 0. The molecule has 0 aromatic heterocycles. The minimum atomic E-state index is -0.405. The highest BCUT2D eigenvalue weighted by Crippen LogP contribution is 2.09. The Hall–Kier alpha value is -1.30. The quantitative estimate of drug-likeness (QED) is 0.367. The lowest BCUT2D eigenvalue weighted by molar-refractivity contribution is -0.134. The lowest BCUT2D eigenvalue weighted by Crippen LogP contribution is -2.40. The van der Waals surface area contributed by atoms with Crippen LogP contribution in [0.5, 0.6) is 0 Å². The van der Waals surface area contributed by atoms with Crippen molar-refractivity contribution in [2.75, 3.05) is 0 Å². The SMILES string of the molecule is C#C[C@H]1CCC(=O)NC1=O. The van der Waals surface area contributed by atoms with E-state index in [9.17, 15) is 9.59 Å². The van der Waals surface area contributed by atoms with Crippen LogP contribution in [-0.2, 0) is 9.59 Å². The van der Waals surface area contributed by atoms with Gasteiger partial charge in [-0.05, 0) is 6.42 Å². The van der Waals surface area contributed by atoms with Crippen LogP contribution in [-0.4, -0.2) is 11.8 Å². The van der Waals surface area contributed by atoms with E-state index >= 15 is 0 Å². The third kappa shape index (κ3) is 1.16. The molecule has 0 unspecified atom stereocenters. The first-order chi connectivity index (χ1) is 4.74. The van der Waals surface area contributed by atoms with Gasteiger partial charge < -0.3 is 0 Å². The summed E-state index contributed by atoms with van der Waals surface area (Å²) in [5.74, 6) is 1.35. The second kappa shape index (κ2) is 2.53. The Morgan fingerprint density at radius 3 is 2.80 bits per heavy atom. The van der Waals surface area contributed by atoms with E-state index < -0.39 is 5.92 Å². The van der Waals surface area contributed by atoms with Gasteiger partial charge in [0.1, 0.15) is 0 Å². The summed E-state index contributed by atoms with van der Waals surface area (Å²) in [5.41, 5.74) is 0. The molecular formula is C7H7NO2. The summed E-state index contributed by atoms with van der Waals surface area (Å²) in [4.78, 5) is 21.3. The maximum atomic E-state index is 10.8. The highest BCUT2D eigenvalue weighted by atomic mass is 16.2. The average molecular weight is 137 g/mol. The van der Waals surface area contributed by atoms with E-state index in [1.165, 1.54) is 0 Å². The summed E-state index contributed by atoms with van der Waals surface area (Å²) in [7, 11) is 0. The zero-order valence-corrected chi connectivity index (χ0v) is 5.39. The molecule has 0 aromatic rings. The molecule has 3 heteroatoms. The van der Waals surface area contributed by atoms with Gasteiger partial charge in [0.2, 0.25) is 11.8 Å². The lowest BCUT2D eigenvalue weighted by Gasteiger charge is -2.14. The molecule has 1 rings (SSSR count). The van der Waals surface area contributed by atoms with Crippen LogP contribution in [0, 0.1) is 18.3 Å². The number of piperidine rings is 1. The Labute approximate surface area is 58.8 Å². The first-order valence-electron chi connectivity index (χ1n) is 3.04. The molecule has 0 aliphatic carbocycles. The van der Waals surface area contributed by atoms with E-state index in [1.807, 2.05) is 0 Å². The van der Waals surface area contributed by atoms with Crippen molar-refractivity contribution >= 4 is 11.8 Å². The first kappa shape index (κ1) is 6.81. The van der Waals surface area contributed by atoms with Gasteiger partial charge in [-0.15, -0.1) is 6.42 Å². The van der Waals surface area contributed by atoms with Crippen LogP contribution in [0.3, 0.4) is 0 Å². The number of hydrogen-bond donors (Lipinski definition) is 1. The van der Waals surface area contributed by atoms with Crippen LogP contribution in [0.1, 0.15) is 12.8 Å². The van der Waals surface area contributed by atoms with Crippen molar-refractivity contribution in [2.45, 2.75) is 12.8 Å². The smallest absolute Gasteiger partial charge is 0.241 e. The minimum Gasteiger partial charge on any atom is -0.295 e. The van der Waals surface area contributed by atoms with Crippen molar-refractivity contribution in [1.29, 1.82) is 0 Å². The molecule has 1 saturated heterocycles. The Morgan fingerprint density at radius 2 is 2.30 bits per heavy atom. The Morgan fingerprint density at radius 1 is 1.60 bits per heavy atom. The summed E-state index contributed by atoms with van der Waals surface area (Å²) in [5, 5.41) is 2.16. The summed E-state index contributed by atoms with van der Waals surface area (Å²) in [6.45, 7) is 0. The fourth-order valence-corrected chi connectivity index (χ4v) is 0.853. The molecule has 0 spiro atoms. The molecule has 1 heterocycles. The molecule has 2 amide bonds. The van der Waals surface area contributed by atoms with E-state index in [0.717, 1.165) is 0 Å². The van der Waals surface area contributed by atoms with E-state index in [1.54, 1.807) is 0 Å². The lowest BCUT2D eigenvalue weighted by atomic mass is 9.99. The van der Waals surface area contributed by atoms with Gasteiger partial charge in [0, 0.05) is 6.42 Å². The maximum absolute atomic E-state index is 10.8. The highest BCUT2D eigenvalue weighted by molar-refractivity contribution is 5.99. The standard InChI is InChI=1S/C7H7NO2/c1-2-5-3-4-6(9)8-7(5)10/h1,5H,3-4H2,(H,8,9,10)/t5-/m0/s1. The number of amides is 2. The van der Waals surface area contributed by atoms with Crippen LogP contribution in [0.25, 0.3) is 0 Å². The van der Waals surface area contributed by atoms with Gasteiger partial charge in [0.15, 0.2) is 0 Å². The zero-order valence-electron chi connectivity index (χ0n) is 5.39. The van der Waals surface area contributed by atoms with Crippen LogP contribution in [0.15, 0.2) is 0 Å². The van der Waals surface area contributed by atoms with Gasteiger partial charge in [-0.3, -0.25) is 14.9 Å². The topological polar surface area (TPSA) is 46.2 Å². The molecule has 1 aliphatic heterocycles. The maximum Gasteiger partial charge on any atom is 0.241 e. The van der Waals surface area contributed by atoms with Crippen LogP contribution in [0.4, 0.5) is 0 Å². The summed E-state index contributed by atoms with van der Waals surface area (Å²) >= 11 is 0. The molecule has 0 saturated carbocycles. The Balaban J connectivity index is 2.62. The number of carbonyl (C=O) groups excluding carboxylic acids is 2. The summed E-state index contributed by atoms with van der Waals surface area (Å²) in [6.07, 6.45) is 5.87. The van der Waals surface area contributed by atoms with E-state index in [-0.39, 0.29) is 11.8 Å². The molecule has 1 fully saturated rings. The number of terminal acetylenes is 1. The van der Waals surface area contributed by atoms with Gasteiger partial charge in [0.25, 0.3) is 0 Å². The molecule has 1 atom stereocenters. The van der Waals surface area contributed by atoms with Crippen molar-refractivity contribution in [3.63, 3.8) is 0 Å². The Kier molecular flexibility index (Phi) is 1.72. The third-order valence-electron chi connectivity index (χ3n) is 1.44. The van der Waals surface area contributed by atoms with Gasteiger partial charge in [-0.2, -0.15) is 0 Å². The number of rotatable bonds is 0. The molecular weight excluding hydrogens is 130 g/mol. The minimum absolute atomic E-state index is 0.225. The van der Waals surface area contributed by atoms with Crippen LogP contribution >= 0.6 is 0 Å². The highest BCUT2D eigenvalue weighted by Gasteiger charge is 2.23. The Bertz CT molecular complexity index is 214. The first-order valence-corrected chi connectivity index (χ1v) is 3.04. The van der Waals surface area contributed by atoms with Gasteiger partial charge in [-0.25, -0.2) is 0 Å². The molecule has 1 aliphatic rings. The molecule has 0 radical (unpaired) electrons. The second-order valence-corrected chi connectivity index (χ2v) is 2.17. The van der Waals surface area contributed by atoms with Crippen molar-refractivity contribution in [2.24, 2.45) is 5.92 Å². The molecule has 52 valence electrons. The monoisotopic (exact) mass is 137 g/mol. The zero-order chi connectivity index (χ0) is 7.56. The van der Waals surface area contributed by atoms with Gasteiger partial charge in [0.05, 0.1) is 5.92 Å². The fraction of sp³-hybridized carbons (Fsp3) is 0.429. The molecule has 0 bridgehead atoms. The summed E-state index contributed by atoms with van der Waals surface area (Å²) in [6, 6.07) is 0. The predicted octanol–water partition coefficient (Wildman–Crippen LogP) is -0.328. The van der Waals surface area contributed by atoms with Crippen LogP contribution < -0.4 is 5.32 Å². The molecule has 0 aromatic carbocycles. The number of carbonyl (C=O) groups is 2. The van der Waals surface area contributed by atoms with Crippen molar-refractivity contribution in [1.82, 2.24) is 5.32 Å². The van der Waals surface area contributed by atoms with Crippen LogP contribution in [0.2, 0.25) is 0 Å².